The molecule has 3 aromatic carbocycles. The van der Waals surface area contributed by atoms with Crippen molar-refractivity contribution in [3.63, 3.8) is 0 Å². The average Bonchev–Trinajstić information content (AvgIpc) is 2.83. The number of phenols is 1. The highest BCUT2D eigenvalue weighted by atomic mass is 16.6. The number of ether oxygens (including phenoxy) is 3. The molecule has 33 heavy (non-hydrogen) atoms. The first-order valence-corrected chi connectivity index (χ1v) is 9.91. The van der Waals surface area contributed by atoms with E-state index in [1.165, 1.54) is 19.2 Å². The number of nitrogens with zero attached hydrogens (tertiary/aromatic N) is 2. The number of nitro benzene ring substituents is 1. The Labute approximate surface area is 190 Å². The van der Waals surface area contributed by atoms with Crippen molar-refractivity contribution >= 4 is 11.4 Å². The number of phenolic OH excluding ortho intramolecular Hbond substituents is 1. The molecule has 0 aliphatic carbocycles. The summed E-state index contributed by atoms with van der Waals surface area (Å²) in [5.74, 6) is 1.41. The van der Waals surface area contributed by atoms with Crippen LogP contribution in [0.2, 0.25) is 0 Å². The van der Waals surface area contributed by atoms with E-state index in [0.29, 0.717) is 28.5 Å². The molecule has 9 nitrogen and oxygen atoms in total. The average molecular weight is 452 g/mol. The van der Waals surface area contributed by atoms with E-state index < -0.39 is 4.92 Å². The minimum atomic E-state index is -0.460. The van der Waals surface area contributed by atoms with Crippen LogP contribution in [0.15, 0.2) is 59.8 Å². The first kappa shape index (κ1) is 23.4. The molecule has 0 aliphatic heterocycles. The Morgan fingerprint density at radius 3 is 2.21 bits per heavy atom. The number of non-ortho nitro benzene ring substituents is 1. The van der Waals surface area contributed by atoms with Crippen molar-refractivity contribution in [2.24, 2.45) is 5.16 Å². The van der Waals surface area contributed by atoms with Crippen LogP contribution in [0.1, 0.15) is 18.1 Å². The fourth-order valence-electron chi connectivity index (χ4n) is 3.24. The Bertz CT molecular complexity index is 1170. The van der Waals surface area contributed by atoms with E-state index in [9.17, 15) is 15.2 Å². The van der Waals surface area contributed by atoms with Crippen molar-refractivity contribution in [3.05, 3.63) is 75.8 Å². The van der Waals surface area contributed by atoms with Crippen molar-refractivity contribution in [2.45, 2.75) is 13.5 Å². The number of aromatic hydroxyl groups is 1. The van der Waals surface area contributed by atoms with Gasteiger partial charge in [0.05, 0.1) is 32.0 Å². The third-order valence-electron chi connectivity index (χ3n) is 4.98. The second kappa shape index (κ2) is 10.4. The Morgan fingerprint density at radius 2 is 1.61 bits per heavy atom. The van der Waals surface area contributed by atoms with E-state index in [1.54, 1.807) is 51.5 Å². The molecule has 0 aromatic heterocycles. The summed E-state index contributed by atoms with van der Waals surface area (Å²) >= 11 is 0. The van der Waals surface area contributed by atoms with Gasteiger partial charge in [-0.1, -0.05) is 11.2 Å². The third kappa shape index (κ3) is 5.32. The second-order valence-electron chi connectivity index (χ2n) is 7.01. The number of hydrogen-bond donors (Lipinski definition) is 1. The maximum Gasteiger partial charge on any atom is 0.269 e. The molecule has 0 spiro atoms. The summed E-state index contributed by atoms with van der Waals surface area (Å²) in [5, 5.41) is 25.3. The van der Waals surface area contributed by atoms with Crippen LogP contribution in [-0.2, 0) is 11.4 Å². The summed E-state index contributed by atoms with van der Waals surface area (Å²) in [5.41, 5.74) is 3.42. The lowest BCUT2D eigenvalue weighted by molar-refractivity contribution is -0.384. The van der Waals surface area contributed by atoms with E-state index in [4.69, 9.17) is 19.0 Å². The van der Waals surface area contributed by atoms with Crippen LogP contribution in [0, 0.1) is 10.1 Å². The highest BCUT2D eigenvalue weighted by Gasteiger charge is 2.16. The number of benzene rings is 3. The summed E-state index contributed by atoms with van der Waals surface area (Å²) in [4.78, 5) is 15.8. The van der Waals surface area contributed by atoms with Gasteiger partial charge in [-0.2, -0.15) is 0 Å². The Hall–Kier alpha value is -4.27. The lowest BCUT2D eigenvalue weighted by Crippen LogP contribution is -2.01. The van der Waals surface area contributed by atoms with Crippen molar-refractivity contribution in [1.82, 2.24) is 0 Å². The molecule has 3 aromatic rings. The van der Waals surface area contributed by atoms with Gasteiger partial charge in [-0.15, -0.1) is 0 Å². The van der Waals surface area contributed by atoms with Gasteiger partial charge < -0.3 is 24.2 Å². The maximum atomic E-state index is 10.8. The van der Waals surface area contributed by atoms with Gasteiger partial charge in [0.25, 0.3) is 5.69 Å². The van der Waals surface area contributed by atoms with E-state index in [1.807, 2.05) is 12.1 Å². The predicted molar refractivity (Wildman–Crippen MR) is 123 cm³/mol. The molecule has 1 N–H and O–H groups in total. The standard InChI is InChI=1S/C24H24N2O7/c1-15(25-33-14-16-5-8-18(9-6-16)26(28)29)19-12-21(27)23(31-3)13-20(19)17-7-10-22(30-2)24(11-17)32-4/h5-13,27H,14H2,1-4H3/b25-15+. The van der Waals surface area contributed by atoms with Gasteiger partial charge in [-0.05, 0) is 60.0 Å². The molecular weight excluding hydrogens is 428 g/mol. The Kier molecular flexibility index (Phi) is 7.34. The van der Waals surface area contributed by atoms with Crippen LogP contribution in [0.4, 0.5) is 5.69 Å². The Balaban J connectivity index is 1.92. The minimum Gasteiger partial charge on any atom is -0.504 e. The maximum absolute atomic E-state index is 10.8. The van der Waals surface area contributed by atoms with Gasteiger partial charge in [-0.25, -0.2) is 0 Å². The highest BCUT2D eigenvalue weighted by Crippen LogP contribution is 2.38. The topological polar surface area (TPSA) is 113 Å². The minimum absolute atomic E-state index is 0.00621. The lowest BCUT2D eigenvalue weighted by Gasteiger charge is -2.15. The van der Waals surface area contributed by atoms with Crippen LogP contribution < -0.4 is 14.2 Å². The smallest absolute Gasteiger partial charge is 0.269 e. The zero-order valence-corrected chi connectivity index (χ0v) is 18.7. The largest absolute Gasteiger partial charge is 0.504 e. The van der Waals surface area contributed by atoms with Gasteiger partial charge in [-0.3, -0.25) is 10.1 Å². The van der Waals surface area contributed by atoms with E-state index >= 15 is 0 Å². The van der Waals surface area contributed by atoms with Crippen molar-refractivity contribution in [2.75, 3.05) is 21.3 Å². The Morgan fingerprint density at radius 1 is 0.939 bits per heavy atom. The molecule has 0 atom stereocenters. The first-order chi connectivity index (χ1) is 15.9. The highest BCUT2D eigenvalue weighted by molar-refractivity contribution is 6.05. The normalized spacial score (nSPS) is 11.1. The number of nitro groups is 1. The summed E-state index contributed by atoms with van der Waals surface area (Å²) in [6, 6.07) is 14.8. The number of oxime groups is 1. The fraction of sp³-hybridized carbons (Fsp3) is 0.208. The van der Waals surface area contributed by atoms with Crippen LogP contribution >= 0.6 is 0 Å². The molecule has 0 radical (unpaired) electrons. The van der Waals surface area contributed by atoms with Gasteiger partial charge in [0, 0.05) is 17.7 Å². The van der Waals surface area contributed by atoms with Crippen LogP contribution in [0.25, 0.3) is 11.1 Å². The molecule has 172 valence electrons. The lowest BCUT2D eigenvalue weighted by atomic mass is 9.96. The molecule has 9 heteroatoms. The summed E-state index contributed by atoms with van der Waals surface area (Å²) in [7, 11) is 4.59. The predicted octanol–water partition coefficient (Wildman–Crippen LogP) is 4.93. The molecule has 0 unspecified atom stereocenters. The second-order valence-corrected chi connectivity index (χ2v) is 7.01. The van der Waals surface area contributed by atoms with Gasteiger partial charge in [0.1, 0.15) is 6.61 Å². The van der Waals surface area contributed by atoms with Crippen molar-refractivity contribution in [3.8, 4) is 34.1 Å². The van der Waals surface area contributed by atoms with Crippen LogP contribution in [0.5, 0.6) is 23.0 Å². The van der Waals surface area contributed by atoms with Gasteiger partial charge >= 0.3 is 0 Å². The monoisotopic (exact) mass is 452 g/mol. The quantitative estimate of drug-likeness (QED) is 0.278. The third-order valence-corrected chi connectivity index (χ3v) is 4.98. The fourth-order valence-corrected chi connectivity index (χ4v) is 3.24. The SMILES string of the molecule is COc1cc(-c2ccc(OC)c(OC)c2)c(/C(C)=N/OCc2ccc([N+](=O)[O-])cc2)cc1O. The molecule has 0 fully saturated rings. The van der Waals surface area contributed by atoms with Crippen LogP contribution in [0.3, 0.4) is 0 Å². The molecule has 0 aliphatic rings. The molecule has 0 saturated carbocycles. The number of hydrogen-bond acceptors (Lipinski definition) is 8. The molecule has 0 bridgehead atoms. The number of methoxy groups -OCH3 is 3. The zero-order chi connectivity index (χ0) is 24.0. The molecule has 0 saturated heterocycles. The molecular formula is C24H24N2O7. The zero-order valence-electron chi connectivity index (χ0n) is 18.7. The summed E-state index contributed by atoms with van der Waals surface area (Å²) < 4.78 is 16.0. The first-order valence-electron chi connectivity index (χ1n) is 9.91. The molecule has 0 amide bonds. The summed E-state index contributed by atoms with van der Waals surface area (Å²) in [6.45, 7) is 1.88. The van der Waals surface area contributed by atoms with Gasteiger partial charge in [0.15, 0.2) is 23.0 Å². The van der Waals surface area contributed by atoms with Crippen molar-refractivity contribution in [1.29, 1.82) is 0 Å². The number of rotatable bonds is 9. The summed E-state index contributed by atoms with van der Waals surface area (Å²) in [6.07, 6.45) is 0. The molecule has 0 heterocycles. The van der Waals surface area contributed by atoms with Gasteiger partial charge in [0.2, 0.25) is 0 Å². The van der Waals surface area contributed by atoms with Crippen molar-refractivity contribution < 1.29 is 29.1 Å². The van der Waals surface area contributed by atoms with E-state index in [0.717, 1.165) is 16.7 Å². The van der Waals surface area contributed by atoms with E-state index in [2.05, 4.69) is 5.16 Å². The van der Waals surface area contributed by atoms with E-state index in [-0.39, 0.29) is 18.0 Å². The van der Waals surface area contributed by atoms with Crippen LogP contribution in [-0.4, -0.2) is 37.1 Å². The molecule has 3 rings (SSSR count).